The molecule has 0 radical (unpaired) electrons. The molecule has 0 aliphatic rings. The zero-order valence-electron chi connectivity index (χ0n) is 11.0. The molecular weight excluding hydrogens is 252 g/mol. The molecule has 0 spiro atoms. The first-order chi connectivity index (χ1) is 8.90. The molecule has 3 nitrogen and oxygen atoms in total. The number of hydrogen-bond acceptors (Lipinski definition) is 2. The first kappa shape index (κ1) is 15.3. The molecule has 19 heavy (non-hydrogen) atoms. The molecule has 0 atom stereocenters. The van der Waals surface area contributed by atoms with Gasteiger partial charge in [-0.3, -0.25) is 9.59 Å². The Balaban J connectivity index is 2.51. The second kappa shape index (κ2) is 6.97. The first-order valence-corrected chi connectivity index (χ1v) is 6.15. The highest BCUT2D eigenvalue weighted by atomic mass is 19.1. The Hall–Kier alpha value is -1.78. The van der Waals surface area contributed by atoms with Crippen molar-refractivity contribution in [3.05, 3.63) is 35.4 Å². The van der Waals surface area contributed by atoms with Gasteiger partial charge >= 0.3 is 0 Å². The fraction of sp³-hybridized carbons (Fsp3) is 0.429. The fourth-order valence-electron chi connectivity index (χ4n) is 1.48. The molecule has 0 bridgehead atoms. The van der Waals surface area contributed by atoms with Gasteiger partial charge in [-0.1, -0.05) is 13.8 Å². The summed E-state index contributed by atoms with van der Waals surface area (Å²) in [5, 5.41) is 2.66. The lowest BCUT2D eigenvalue weighted by atomic mass is 10.1. The molecular formula is C14H17F2NO2. The highest BCUT2D eigenvalue weighted by Crippen LogP contribution is 2.12. The van der Waals surface area contributed by atoms with Gasteiger partial charge in [0.05, 0.1) is 5.56 Å². The summed E-state index contributed by atoms with van der Waals surface area (Å²) >= 11 is 0. The van der Waals surface area contributed by atoms with Gasteiger partial charge in [0.2, 0.25) is 5.91 Å². The zero-order chi connectivity index (χ0) is 14.4. The van der Waals surface area contributed by atoms with Crippen molar-refractivity contribution < 1.29 is 18.4 Å². The number of rotatable bonds is 6. The van der Waals surface area contributed by atoms with Crippen molar-refractivity contribution in [2.75, 3.05) is 6.54 Å². The standard InChI is InChI=1S/C14H17F2NO2/c1-9(2)8-17-14(19)6-5-13(18)11-7-10(15)3-4-12(11)16/h3-4,7,9H,5-6,8H2,1-2H3,(H,17,19). The summed E-state index contributed by atoms with van der Waals surface area (Å²) in [5.41, 5.74) is -0.309. The Bertz CT molecular complexity index is 473. The Labute approximate surface area is 111 Å². The molecule has 0 saturated carbocycles. The minimum Gasteiger partial charge on any atom is -0.356 e. The van der Waals surface area contributed by atoms with Crippen LogP contribution < -0.4 is 5.32 Å². The minimum atomic E-state index is -0.769. The number of hydrogen-bond donors (Lipinski definition) is 1. The zero-order valence-corrected chi connectivity index (χ0v) is 11.0. The van der Waals surface area contributed by atoms with Gasteiger partial charge in [-0.15, -0.1) is 0 Å². The maximum absolute atomic E-state index is 13.3. The Morgan fingerprint density at radius 2 is 1.89 bits per heavy atom. The summed E-state index contributed by atoms with van der Waals surface area (Å²) in [6.45, 7) is 4.43. The molecule has 1 aromatic rings. The van der Waals surface area contributed by atoms with Crippen molar-refractivity contribution in [2.45, 2.75) is 26.7 Å². The second-order valence-electron chi connectivity index (χ2n) is 4.75. The van der Waals surface area contributed by atoms with Crippen LogP contribution >= 0.6 is 0 Å². The Morgan fingerprint density at radius 3 is 2.53 bits per heavy atom. The molecule has 1 N–H and O–H groups in total. The van der Waals surface area contributed by atoms with Gasteiger partial charge in [-0.05, 0) is 24.1 Å². The highest BCUT2D eigenvalue weighted by molar-refractivity contribution is 5.98. The maximum Gasteiger partial charge on any atom is 0.220 e. The lowest BCUT2D eigenvalue weighted by Gasteiger charge is -2.07. The van der Waals surface area contributed by atoms with E-state index in [4.69, 9.17) is 0 Å². The smallest absolute Gasteiger partial charge is 0.220 e. The molecule has 0 saturated heterocycles. The van der Waals surface area contributed by atoms with Gasteiger partial charge in [-0.25, -0.2) is 8.78 Å². The van der Waals surface area contributed by atoms with Crippen LogP contribution in [0.2, 0.25) is 0 Å². The van der Waals surface area contributed by atoms with E-state index in [1.54, 1.807) is 0 Å². The summed E-state index contributed by atoms with van der Waals surface area (Å²) in [6.07, 6.45) is -0.161. The predicted octanol–water partition coefficient (Wildman–Crippen LogP) is 2.70. The summed E-state index contributed by atoms with van der Waals surface area (Å²) in [7, 11) is 0. The van der Waals surface area contributed by atoms with Crippen molar-refractivity contribution in [1.82, 2.24) is 5.32 Å². The lowest BCUT2D eigenvalue weighted by molar-refractivity contribution is -0.121. The number of carbonyl (C=O) groups excluding carboxylic acids is 2. The molecule has 5 heteroatoms. The van der Waals surface area contributed by atoms with Gasteiger partial charge < -0.3 is 5.32 Å². The van der Waals surface area contributed by atoms with E-state index >= 15 is 0 Å². The van der Waals surface area contributed by atoms with E-state index in [9.17, 15) is 18.4 Å². The van der Waals surface area contributed by atoms with Crippen LogP contribution in [0.3, 0.4) is 0 Å². The molecule has 0 unspecified atom stereocenters. The number of Topliss-reactive ketones (excluding diaryl/α,β-unsaturated/α-hetero) is 1. The van der Waals surface area contributed by atoms with Gasteiger partial charge in [0.15, 0.2) is 5.78 Å². The molecule has 1 rings (SSSR count). The normalized spacial score (nSPS) is 10.6. The van der Waals surface area contributed by atoms with E-state index in [1.165, 1.54) is 0 Å². The number of benzene rings is 1. The minimum absolute atomic E-state index is 0.0263. The molecule has 0 aliphatic carbocycles. The molecule has 0 aromatic heterocycles. The number of amides is 1. The number of halogens is 2. The number of ketones is 1. The van der Waals surface area contributed by atoms with Crippen molar-refractivity contribution in [3.8, 4) is 0 Å². The first-order valence-electron chi connectivity index (χ1n) is 6.15. The van der Waals surface area contributed by atoms with E-state index in [0.29, 0.717) is 12.5 Å². The van der Waals surface area contributed by atoms with Crippen LogP contribution in [0.5, 0.6) is 0 Å². The average molecular weight is 269 g/mol. The van der Waals surface area contributed by atoms with Crippen LogP contribution in [0, 0.1) is 17.6 Å². The average Bonchev–Trinajstić information content (AvgIpc) is 2.36. The highest BCUT2D eigenvalue weighted by Gasteiger charge is 2.14. The van der Waals surface area contributed by atoms with Gasteiger partial charge in [0.1, 0.15) is 11.6 Å². The fourth-order valence-corrected chi connectivity index (χ4v) is 1.48. The topological polar surface area (TPSA) is 46.2 Å². The van der Waals surface area contributed by atoms with Crippen molar-refractivity contribution >= 4 is 11.7 Å². The summed E-state index contributed by atoms with van der Waals surface area (Å²) in [6, 6.07) is 2.70. The van der Waals surface area contributed by atoms with E-state index < -0.39 is 17.4 Å². The second-order valence-corrected chi connectivity index (χ2v) is 4.75. The molecule has 0 aliphatic heterocycles. The van der Waals surface area contributed by atoms with Crippen LogP contribution in [0.4, 0.5) is 8.78 Å². The third kappa shape index (κ3) is 5.16. The lowest BCUT2D eigenvalue weighted by Crippen LogP contribution is -2.27. The Kier molecular flexibility index (Phi) is 5.60. The molecule has 1 amide bonds. The maximum atomic E-state index is 13.3. The van der Waals surface area contributed by atoms with E-state index in [0.717, 1.165) is 18.2 Å². The predicted molar refractivity (Wildman–Crippen MR) is 67.8 cm³/mol. The third-order valence-corrected chi connectivity index (χ3v) is 2.52. The van der Waals surface area contributed by atoms with Crippen LogP contribution in [-0.2, 0) is 4.79 Å². The molecule has 0 heterocycles. The van der Waals surface area contributed by atoms with Crippen molar-refractivity contribution in [2.24, 2.45) is 5.92 Å². The van der Waals surface area contributed by atoms with Crippen LogP contribution in [-0.4, -0.2) is 18.2 Å². The van der Waals surface area contributed by atoms with Gasteiger partial charge in [-0.2, -0.15) is 0 Å². The van der Waals surface area contributed by atoms with Crippen LogP contribution in [0.1, 0.15) is 37.0 Å². The van der Waals surface area contributed by atoms with Crippen LogP contribution in [0.15, 0.2) is 18.2 Å². The van der Waals surface area contributed by atoms with Crippen LogP contribution in [0.25, 0.3) is 0 Å². The molecule has 104 valence electrons. The van der Waals surface area contributed by atoms with Crippen molar-refractivity contribution in [1.29, 1.82) is 0 Å². The number of carbonyl (C=O) groups is 2. The van der Waals surface area contributed by atoms with E-state index in [2.05, 4.69) is 5.32 Å². The Morgan fingerprint density at radius 1 is 1.21 bits per heavy atom. The number of nitrogens with one attached hydrogen (secondary N) is 1. The summed E-state index contributed by atoms with van der Waals surface area (Å²) < 4.78 is 26.2. The summed E-state index contributed by atoms with van der Waals surface area (Å²) in [4.78, 5) is 23.1. The van der Waals surface area contributed by atoms with E-state index in [1.807, 2.05) is 13.8 Å². The summed E-state index contributed by atoms with van der Waals surface area (Å²) in [5.74, 6) is -1.96. The van der Waals surface area contributed by atoms with Crippen molar-refractivity contribution in [3.63, 3.8) is 0 Å². The molecule has 0 fully saturated rings. The largest absolute Gasteiger partial charge is 0.356 e. The van der Waals surface area contributed by atoms with E-state index in [-0.39, 0.29) is 24.3 Å². The van der Waals surface area contributed by atoms with Gasteiger partial charge in [0, 0.05) is 19.4 Å². The monoisotopic (exact) mass is 269 g/mol. The van der Waals surface area contributed by atoms with Gasteiger partial charge in [0.25, 0.3) is 0 Å². The third-order valence-electron chi connectivity index (χ3n) is 2.52. The molecule has 1 aromatic carbocycles. The SMILES string of the molecule is CC(C)CNC(=O)CCC(=O)c1cc(F)ccc1F. The quantitative estimate of drug-likeness (QED) is 0.807.